The Morgan fingerprint density at radius 1 is 1.13 bits per heavy atom. The first-order chi connectivity index (χ1) is 10.7. The van der Waals surface area contributed by atoms with Crippen molar-refractivity contribution in [2.24, 2.45) is 5.73 Å². The van der Waals surface area contributed by atoms with Crippen LogP contribution in [0.2, 0.25) is 0 Å². The highest BCUT2D eigenvalue weighted by molar-refractivity contribution is 5.93. The molecule has 23 heavy (non-hydrogen) atoms. The average Bonchev–Trinajstić information content (AvgIpc) is 2.46. The van der Waals surface area contributed by atoms with Crippen LogP contribution >= 0.6 is 0 Å². The van der Waals surface area contributed by atoms with E-state index in [0.717, 1.165) is 36.4 Å². The van der Waals surface area contributed by atoms with Gasteiger partial charge >= 0.3 is 11.9 Å². The maximum atomic E-state index is 12.5. The molecule has 0 saturated carbocycles. The zero-order valence-electron chi connectivity index (χ0n) is 11.3. The molecule has 2 rings (SSSR count). The van der Waals surface area contributed by atoms with Gasteiger partial charge in [-0.3, -0.25) is 14.9 Å². The molecule has 2 N–H and O–H groups in total. The molecular formula is C14H9F3N2O4. The van der Waals surface area contributed by atoms with Gasteiger partial charge in [-0.05, 0) is 36.4 Å². The minimum Gasteiger partial charge on any atom is -0.450 e. The Morgan fingerprint density at radius 2 is 1.74 bits per heavy atom. The smallest absolute Gasteiger partial charge is 0.416 e. The van der Waals surface area contributed by atoms with Crippen LogP contribution in [0.15, 0.2) is 42.5 Å². The van der Waals surface area contributed by atoms with Crippen molar-refractivity contribution in [3.05, 3.63) is 63.7 Å². The van der Waals surface area contributed by atoms with E-state index in [0.29, 0.717) is 0 Å². The summed E-state index contributed by atoms with van der Waals surface area (Å²) < 4.78 is 42.6. The second-order valence-electron chi connectivity index (χ2n) is 4.43. The molecule has 0 aromatic heterocycles. The standard InChI is InChI=1S/C14H9F3N2O4/c15-14(16,17)9-2-4-10(5-3-9)23-12-6-1-8(13(18)20)7-11(12)19(21)22/h1-7H,(H2,18,20). The van der Waals surface area contributed by atoms with Gasteiger partial charge in [-0.2, -0.15) is 13.2 Å². The van der Waals surface area contributed by atoms with Crippen LogP contribution in [0.3, 0.4) is 0 Å². The molecule has 2 aromatic carbocycles. The number of carbonyl (C=O) groups excluding carboxylic acids is 1. The minimum absolute atomic E-state index is 0.0204. The molecule has 0 fully saturated rings. The topological polar surface area (TPSA) is 95.5 Å². The van der Waals surface area contributed by atoms with Crippen molar-refractivity contribution in [3.8, 4) is 11.5 Å². The number of benzene rings is 2. The van der Waals surface area contributed by atoms with Crippen molar-refractivity contribution < 1.29 is 27.6 Å². The van der Waals surface area contributed by atoms with Gasteiger partial charge in [0.2, 0.25) is 11.7 Å². The number of nitrogens with zero attached hydrogens (tertiary/aromatic N) is 1. The Balaban J connectivity index is 2.32. The molecule has 120 valence electrons. The van der Waals surface area contributed by atoms with Crippen LogP contribution in [0.4, 0.5) is 18.9 Å². The lowest BCUT2D eigenvalue weighted by molar-refractivity contribution is -0.385. The van der Waals surface area contributed by atoms with E-state index in [1.165, 1.54) is 6.07 Å². The fraction of sp³-hybridized carbons (Fsp3) is 0.0714. The highest BCUT2D eigenvalue weighted by Gasteiger charge is 2.30. The Morgan fingerprint density at radius 3 is 2.22 bits per heavy atom. The van der Waals surface area contributed by atoms with Crippen LogP contribution in [-0.4, -0.2) is 10.8 Å². The third kappa shape index (κ3) is 3.76. The number of rotatable bonds is 4. The van der Waals surface area contributed by atoms with Crippen molar-refractivity contribution in [2.45, 2.75) is 6.18 Å². The van der Waals surface area contributed by atoms with E-state index < -0.39 is 28.3 Å². The van der Waals surface area contributed by atoms with Gasteiger partial charge in [-0.25, -0.2) is 0 Å². The van der Waals surface area contributed by atoms with Gasteiger partial charge in [0.05, 0.1) is 10.5 Å². The number of primary amides is 1. The third-order valence-electron chi connectivity index (χ3n) is 2.85. The molecule has 0 radical (unpaired) electrons. The van der Waals surface area contributed by atoms with E-state index in [-0.39, 0.29) is 17.1 Å². The highest BCUT2D eigenvalue weighted by Crippen LogP contribution is 2.34. The van der Waals surface area contributed by atoms with Gasteiger partial charge in [0.1, 0.15) is 5.75 Å². The minimum atomic E-state index is -4.49. The second kappa shape index (κ2) is 5.95. The number of nitro groups is 1. The van der Waals surface area contributed by atoms with Gasteiger partial charge in [-0.1, -0.05) is 0 Å². The summed E-state index contributed by atoms with van der Waals surface area (Å²) in [5.74, 6) is -1.10. The number of nitrogens with two attached hydrogens (primary N) is 1. The number of hydrogen-bond donors (Lipinski definition) is 1. The Bertz CT molecular complexity index is 758. The first-order valence-electron chi connectivity index (χ1n) is 6.12. The van der Waals surface area contributed by atoms with Crippen molar-refractivity contribution >= 4 is 11.6 Å². The Hall–Kier alpha value is -3.10. The molecule has 0 aliphatic rings. The normalized spacial score (nSPS) is 11.1. The molecule has 1 amide bonds. The quantitative estimate of drug-likeness (QED) is 0.687. The Labute approximate surface area is 127 Å². The van der Waals surface area contributed by atoms with Crippen molar-refractivity contribution in [2.75, 3.05) is 0 Å². The maximum absolute atomic E-state index is 12.5. The zero-order valence-corrected chi connectivity index (χ0v) is 11.3. The fourth-order valence-electron chi connectivity index (χ4n) is 1.74. The lowest BCUT2D eigenvalue weighted by Crippen LogP contribution is -2.11. The summed E-state index contributed by atoms with van der Waals surface area (Å²) in [7, 11) is 0. The third-order valence-corrected chi connectivity index (χ3v) is 2.85. The molecule has 0 bridgehead atoms. The van der Waals surface area contributed by atoms with Crippen molar-refractivity contribution in [3.63, 3.8) is 0 Å². The summed E-state index contributed by atoms with van der Waals surface area (Å²) in [5.41, 5.74) is 3.55. The number of halogens is 3. The van der Waals surface area contributed by atoms with Gasteiger partial charge in [0, 0.05) is 11.6 Å². The molecule has 0 saturated heterocycles. The SMILES string of the molecule is NC(=O)c1ccc(Oc2ccc(C(F)(F)F)cc2)c([N+](=O)[O-])c1. The molecular weight excluding hydrogens is 317 g/mol. The average molecular weight is 326 g/mol. The van der Waals surface area contributed by atoms with Gasteiger partial charge < -0.3 is 10.5 Å². The predicted octanol–water partition coefficient (Wildman–Crippen LogP) is 3.50. The summed E-state index contributed by atoms with van der Waals surface area (Å²) in [6.45, 7) is 0. The lowest BCUT2D eigenvalue weighted by atomic mass is 10.1. The van der Waals surface area contributed by atoms with Crippen molar-refractivity contribution in [1.29, 1.82) is 0 Å². The molecule has 2 aromatic rings. The largest absolute Gasteiger partial charge is 0.450 e. The van der Waals surface area contributed by atoms with Crippen LogP contribution in [0.1, 0.15) is 15.9 Å². The number of carbonyl (C=O) groups is 1. The van der Waals surface area contributed by atoms with E-state index in [9.17, 15) is 28.1 Å². The number of ether oxygens (including phenoxy) is 1. The number of amides is 1. The Kier molecular flexibility index (Phi) is 4.21. The van der Waals surface area contributed by atoms with E-state index in [4.69, 9.17) is 10.5 Å². The number of alkyl halides is 3. The maximum Gasteiger partial charge on any atom is 0.416 e. The van der Waals surface area contributed by atoms with Crippen molar-refractivity contribution in [1.82, 2.24) is 0 Å². The number of hydrogen-bond acceptors (Lipinski definition) is 4. The molecule has 9 heteroatoms. The van der Waals surface area contributed by atoms with Crippen LogP contribution in [0, 0.1) is 10.1 Å². The molecule has 0 aliphatic heterocycles. The van der Waals surface area contributed by atoms with Gasteiger partial charge in [-0.15, -0.1) is 0 Å². The van der Waals surface area contributed by atoms with Gasteiger partial charge in [0.25, 0.3) is 0 Å². The van der Waals surface area contributed by atoms with E-state index in [1.807, 2.05) is 0 Å². The summed E-state index contributed by atoms with van der Waals surface area (Å²) in [5, 5.41) is 11.0. The van der Waals surface area contributed by atoms with E-state index >= 15 is 0 Å². The zero-order chi connectivity index (χ0) is 17.2. The number of nitro benzene ring substituents is 1. The highest BCUT2D eigenvalue weighted by atomic mass is 19.4. The van der Waals surface area contributed by atoms with Gasteiger partial charge in [0.15, 0.2) is 0 Å². The molecule has 0 aliphatic carbocycles. The van der Waals surface area contributed by atoms with E-state index in [1.54, 1.807) is 0 Å². The summed E-state index contributed by atoms with van der Waals surface area (Å²) >= 11 is 0. The fourth-order valence-corrected chi connectivity index (χ4v) is 1.74. The second-order valence-corrected chi connectivity index (χ2v) is 4.43. The predicted molar refractivity (Wildman–Crippen MR) is 73.1 cm³/mol. The summed E-state index contributed by atoms with van der Waals surface area (Å²) in [6, 6.07) is 6.95. The lowest BCUT2D eigenvalue weighted by Gasteiger charge is -2.09. The molecule has 0 atom stereocenters. The molecule has 0 spiro atoms. The molecule has 0 unspecified atom stereocenters. The first kappa shape index (κ1) is 16.3. The van der Waals surface area contributed by atoms with Crippen LogP contribution in [-0.2, 0) is 6.18 Å². The first-order valence-corrected chi connectivity index (χ1v) is 6.12. The van der Waals surface area contributed by atoms with Crippen LogP contribution in [0.5, 0.6) is 11.5 Å². The summed E-state index contributed by atoms with van der Waals surface area (Å²) in [4.78, 5) is 21.2. The molecule has 0 heterocycles. The monoisotopic (exact) mass is 326 g/mol. The van der Waals surface area contributed by atoms with Crippen LogP contribution < -0.4 is 10.5 Å². The van der Waals surface area contributed by atoms with E-state index in [2.05, 4.69) is 0 Å². The van der Waals surface area contributed by atoms with Crippen LogP contribution in [0.25, 0.3) is 0 Å². The summed E-state index contributed by atoms with van der Waals surface area (Å²) in [6.07, 6.45) is -4.49. The molecule has 6 nitrogen and oxygen atoms in total.